The van der Waals surface area contributed by atoms with Gasteiger partial charge in [0.1, 0.15) is 12.4 Å². The number of nitrogens with one attached hydrogen (secondary N) is 1. The van der Waals surface area contributed by atoms with E-state index in [4.69, 9.17) is 4.74 Å². The molecule has 0 saturated carbocycles. The number of likely N-dealkylation sites (tertiary alicyclic amines) is 1. The maximum Gasteiger partial charge on any atom is 0.227 e. The van der Waals surface area contributed by atoms with E-state index in [-0.39, 0.29) is 17.9 Å². The van der Waals surface area contributed by atoms with Gasteiger partial charge in [-0.2, -0.15) is 0 Å². The second-order valence-corrected chi connectivity index (χ2v) is 7.23. The maximum atomic E-state index is 12.6. The zero-order chi connectivity index (χ0) is 17.8. The molecule has 3 heterocycles. The van der Waals surface area contributed by atoms with Crippen molar-refractivity contribution < 1.29 is 9.53 Å². The number of aromatic nitrogens is 1. The molecule has 1 amide bonds. The first-order valence-electron chi connectivity index (χ1n) is 9.40. The van der Waals surface area contributed by atoms with Gasteiger partial charge in [-0.3, -0.25) is 14.7 Å². The molecule has 0 unspecified atom stereocenters. The molecule has 1 saturated heterocycles. The second-order valence-electron chi connectivity index (χ2n) is 7.23. The molecule has 1 aromatic carbocycles. The summed E-state index contributed by atoms with van der Waals surface area (Å²) in [6, 6.07) is 12.4. The Labute approximate surface area is 154 Å². The molecule has 0 spiro atoms. The zero-order valence-corrected chi connectivity index (χ0v) is 14.9. The SMILES string of the molecule is O=C(NC1CCN(Cc2ccncc2)CC1)[C@H]1COc2ccccc2C1. The van der Waals surface area contributed by atoms with Crippen molar-refractivity contribution in [1.82, 2.24) is 15.2 Å². The van der Waals surface area contributed by atoms with E-state index >= 15 is 0 Å². The number of piperidine rings is 1. The second kappa shape index (κ2) is 7.87. The van der Waals surface area contributed by atoms with Crippen molar-refractivity contribution in [3.8, 4) is 5.75 Å². The van der Waals surface area contributed by atoms with Crippen LogP contribution in [0.25, 0.3) is 0 Å². The standard InChI is InChI=1S/C21H25N3O2/c25-21(18-13-17-3-1-2-4-20(17)26-15-18)23-19-7-11-24(12-8-19)14-16-5-9-22-10-6-16/h1-6,9-10,18-19H,7-8,11-15H2,(H,23,25)/t18-/m1/s1. The molecule has 0 aliphatic carbocycles. The molecule has 1 aromatic heterocycles. The predicted molar refractivity (Wildman–Crippen MR) is 99.8 cm³/mol. The van der Waals surface area contributed by atoms with Crippen LogP contribution in [0.15, 0.2) is 48.8 Å². The van der Waals surface area contributed by atoms with Gasteiger partial charge in [0.05, 0.1) is 5.92 Å². The summed E-state index contributed by atoms with van der Waals surface area (Å²) in [5.41, 5.74) is 2.42. The normalized spacial score (nSPS) is 20.8. The van der Waals surface area contributed by atoms with Crippen LogP contribution in [0.5, 0.6) is 5.75 Å². The number of amides is 1. The first-order valence-corrected chi connectivity index (χ1v) is 9.40. The Morgan fingerprint density at radius 3 is 2.73 bits per heavy atom. The number of carbonyl (C=O) groups excluding carboxylic acids is 1. The average Bonchev–Trinajstić information content (AvgIpc) is 2.70. The lowest BCUT2D eigenvalue weighted by Crippen LogP contribution is -2.47. The molecule has 1 fully saturated rings. The number of carbonyl (C=O) groups is 1. The highest BCUT2D eigenvalue weighted by molar-refractivity contribution is 5.80. The minimum atomic E-state index is -0.0836. The van der Waals surface area contributed by atoms with Crippen molar-refractivity contribution in [3.63, 3.8) is 0 Å². The molecule has 5 heteroatoms. The molecule has 2 aliphatic heterocycles. The van der Waals surface area contributed by atoms with Crippen LogP contribution < -0.4 is 10.1 Å². The highest BCUT2D eigenvalue weighted by atomic mass is 16.5. The van der Waals surface area contributed by atoms with Gasteiger partial charge in [-0.1, -0.05) is 18.2 Å². The van der Waals surface area contributed by atoms with Crippen molar-refractivity contribution in [2.45, 2.75) is 31.8 Å². The van der Waals surface area contributed by atoms with Crippen molar-refractivity contribution in [1.29, 1.82) is 0 Å². The summed E-state index contributed by atoms with van der Waals surface area (Å²) in [4.78, 5) is 19.1. The van der Waals surface area contributed by atoms with Crippen molar-refractivity contribution in [2.75, 3.05) is 19.7 Å². The third-order valence-corrected chi connectivity index (χ3v) is 5.34. The van der Waals surface area contributed by atoms with Crippen LogP contribution in [0.4, 0.5) is 0 Å². The Morgan fingerprint density at radius 2 is 1.92 bits per heavy atom. The number of rotatable bonds is 4. The number of ether oxygens (including phenoxy) is 1. The number of nitrogens with zero attached hydrogens (tertiary/aromatic N) is 2. The summed E-state index contributed by atoms with van der Waals surface area (Å²) in [6.07, 6.45) is 6.45. The maximum absolute atomic E-state index is 12.6. The predicted octanol–water partition coefficient (Wildman–Crippen LogP) is 2.41. The highest BCUT2D eigenvalue weighted by Crippen LogP contribution is 2.27. The molecule has 2 aromatic rings. The number of pyridine rings is 1. The van der Waals surface area contributed by atoms with Crippen LogP contribution in [0, 0.1) is 5.92 Å². The largest absolute Gasteiger partial charge is 0.492 e. The fourth-order valence-corrected chi connectivity index (χ4v) is 3.80. The van der Waals surface area contributed by atoms with Gasteiger partial charge >= 0.3 is 0 Å². The molecule has 2 aliphatic rings. The molecular formula is C21H25N3O2. The van der Waals surface area contributed by atoms with Gasteiger partial charge in [-0.25, -0.2) is 0 Å². The van der Waals surface area contributed by atoms with Gasteiger partial charge in [-0.05, 0) is 48.6 Å². The summed E-state index contributed by atoms with van der Waals surface area (Å²) < 4.78 is 5.76. The van der Waals surface area contributed by atoms with E-state index in [0.717, 1.165) is 50.2 Å². The fraction of sp³-hybridized carbons (Fsp3) is 0.429. The van der Waals surface area contributed by atoms with Crippen LogP contribution in [0.2, 0.25) is 0 Å². The summed E-state index contributed by atoms with van der Waals surface area (Å²) in [7, 11) is 0. The zero-order valence-electron chi connectivity index (χ0n) is 14.9. The Balaban J connectivity index is 1.25. The Kier molecular flexibility index (Phi) is 5.16. The summed E-state index contributed by atoms with van der Waals surface area (Å²) in [6.45, 7) is 3.45. The minimum Gasteiger partial charge on any atom is -0.492 e. The van der Waals surface area contributed by atoms with Gasteiger partial charge < -0.3 is 10.1 Å². The van der Waals surface area contributed by atoms with E-state index in [1.807, 2.05) is 36.7 Å². The van der Waals surface area contributed by atoms with E-state index in [0.29, 0.717) is 6.61 Å². The van der Waals surface area contributed by atoms with Crippen molar-refractivity contribution >= 4 is 5.91 Å². The van der Waals surface area contributed by atoms with Crippen LogP contribution in [0.1, 0.15) is 24.0 Å². The number of fused-ring (bicyclic) bond motifs is 1. The fourth-order valence-electron chi connectivity index (χ4n) is 3.80. The third kappa shape index (κ3) is 4.05. The van der Waals surface area contributed by atoms with E-state index in [1.165, 1.54) is 5.56 Å². The van der Waals surface area contributed by atoms with Gasteiger partial charge in [0.2, 0.25) is 5.91 Å². The third-order valence-electron chi connectivity index (χ3n) is 5.34. The van der Waals surface area contributed by atoms with Crippen LogP contribution in [0.3, 0.4) is 0 Å². The number of hydrogen-bond donors (Lipinski definition) is 1. The molecule has 4 rings (SSSR count). The van der Waals surface area contributed by atoms with E-state index in [2.05, 4.69) is 27.3 Å². The number of hydrogen-bond acceptors (Lipinski definition) is 4. The summed E-state index contributed by atoms with van der Waals surface area (Å²) in [5, 5.41) is 3.25. The van der Waals surface area contributed by atoms with Crippen LogP contribution in [-0.4, -0.2) is 41.5 Å². The molecule has 5 nitrogen and oxygen atoms in total. The molecule has 1 N–H and O–H groups in total. The Morgan fingerprint density at radius 1 is 1.15 bits per heavy atom. The van der Waals surface area contributed by atoms with Gasteiger partial charge in [0.25, 0.3) is 0 Å². The molecule has 136 valence electrons. The molecule has 0 radical (unpaired) electrons. The topological polar surface area (TPSA) is 54.5 Å². The number of benzene rings is 1. The Hall–Kier alpha value is -2.40. The molecular weight excluding hydrogens is 326 g/mol. The lowest BCUT2D eigenvalue weighted by Gasteiger charge is -2.33. The van der Waals surface area contributed by atoms with Crippen molar-refractivity contribution in [3.05, 3.63) is 59.9 Å². The first-order chi connectivity index (χ1) is 12.8. The summed E-state index contributed by atoms with van der Waals surface area (Å²) in [5.74, 6) is 0.966. The van der Waals surface area contributed by atoms with E-state index in [9.17, 15) is 4.79 Å². The lowest BCUT2D eigenvalue weighted by molar-refractivity contribution is -0.127. The Bertz CT molecular complexity index is 742. The molecule has 0 bridgehead atoms. The van der Waals surface area contributed by atoms with Gasteiger partial charge in [-0.15, -0.1) is 0 Å². The lowest BCUT2D eigenvalue weighted by atomic mass is 9.95. The van der Waals surface area contributed by atoms with E-state index < -0.39 is 0 Å². The number of para-hydroxylation sites is 1. The highest BCUT2D eigenvalue weighted by Gasteiger charge is 2.28. The average molecular weight is 351 g/mol. The van der Waals surface area contributed by atoms with E-state index in [1.54, 1.807) is 0 Å². The molecule has 26 heavy (non-hydrogen) atoms. The van der Waals surface area contributed by atoms with Crippen molar-refractivity contribution in [2.24, 2.45) is 5.92 Å². The summed E-state index contributed by atoms with van der Waals surface area (Å²) >= 11 is 0. The first kappa shape index (κ1) is 17.0. The van der Waals surface area contributed by atoms with Crippen LogP contribution >= 0.6 is 0 Å². The van der Waals surface area contributed by atoms with Gasteiger partial charge in [0, 0.05) is 38.1 Å². The molecule has 1 atom stereocenters. The van der Waals surface area contributed by atoms with Gasteiger partial charge in [0.15, 0.2) is 0 Å². The quantitative estimate of drug-likeness (QED) is 0.919. The monoisotopic (exact) mass is 351 g/mol. The smallest absolute Gasteiger partial charge is 0.227 e. The minimum absolute atomic E-state index is 0.0836. The van der Waals surface area contributed by atoms with Crippen LogP contribution in [-0.2, 0) is 17.8 Å².